The van der Waals surface area contributed by atoms with Crippen LogP contribution in [0.15, 0.2) is 11.6 Å². The van der Waals surface area contributed by atoms with Gasteiger partial charge in [0.2, 0.25) is 0 Å². The topological polar surface area (TPSA) is 50.9 Å². The van der Waals surface area contributed by atoms with Crippen LogP contribution in [0.2, 0.25) is 0 Å². The van der Waals surface area contributed by atoms with Gasteiger partial charge < -0.3 is 11.1 Å². The summed E-state index contributed by atoms with van der Waals surface area (Å²) < 4.78 is 0. The van der Waals surface area contributed by atoms with Gasteiger partial charge in [-0.25, -0.2) is 4.98 Å². The van der Waals surface area contributed by atoms with Gasteiger partial charge in [-0.05, 0) is 19.3 Å². The second kappa shape index (κ2) is 5.25. The van der Waals surface area contributed by atoms with Gasteiger partial charge in [0.15, 0.2) is 0 Å². The molecule has 3 N–H and O–H groups in total. The smallest absolute Gasteiger partial charge is 0.0937 e. The van der Waals surface area contributed by atoms with E-state index in [4.69, 9.17) is 5.73 Å². The van der Waals surface area contributed by atoms with E-state index in [1.807, 2.05) is 11.6 Å². The maximum Gasteiger partial charge on any atom is 0.0937 e. The predicted molar refractivity (Wildman–Crippen MR) is 70.7 cm³/mol. The second-order valence-corrected chi connectivity index (χ2v) is 6.44. The summed E-state index contributed by atoms with van der Waals surface area (Å²) in [6, 6.07) is 0. The van der Waals surface area contributed by atoms with Crippen molar-refractivity contribution < 1.29 is 0 Å². The van der Waals surface area contributed by atoms with Crippen molar-refractivity contribution in [2.75, 3.05) is 13.1 Å². The van der Waals surface area contributed by atoms with Crippen LogP contribution in [0.3, 0.4) is 0 Å². The van der Waals surface area contributed by atoms with Gasteiger partial charge in [0.05, 0.1) is 5.01 Å². The zero-order chi connectivity index (χ0) is 12.2. The van der Waals surface area contributed by atoms with Gasteiger partial charge in [-0.2, -0.15) is 0 Å². The molecule has 0 aromatic carbocycles. The van der Waals surface area contributed by atoms with Crippen LogP contribution in [-0.4, -0.2) is 23.6 Å². The minimum Gasteiger partial charge on any atom is -0.325 e. The summed E-state index contributed by atoms with van der Waals surface area (Å²) in [4.78, 5) is 4.25. The summed E-state index contributed by atoms with van der Waals surface area (Å²) in [5, 5.41) is 6.67. The van der Waals surface area contributed by atoms with Crippen LogP contribution in [0.5, 0.6) is 0 Å². The number of nitrogens with two attached hydrogens (primary N) is 1. The Morgan fingerprint density at radius 2 is 2.06 bits per heavy atom. The third kappa shape index (κ3) is 3.85. The fourth-order valence-electron chi connectivity index (χ4n) is 1.20. The number of hydrogen-bond acceptors (Lipinski definition) is 4. The van der Waals surface area contributed by atoms with E-state index < -0.39 is 0 Å². The lowest BCUT2D eigenvalue weighted by molar-refractivity contribution is 0.196. The summed E-state index contributed by atoms with van der Waals surface area (Å²) in [5.74, 6) is 0. The standard InChI is InChI=1S/C12H23N3S/c1-11(2,12(3,4)13)9-14-6-5-10-15-7-8-16-10/h7-8,14H,5-6,9,13H2,1-4H3. The van der Waals surface area contributed by atoms with Crippen LogP contribution >= 0.6 is 11.3 Å². The van der Waals surface area contributed by atoms with Crippen molar-refractivity contribution in [1.29, 1.82) is 0 Å². The van der Waals surface area contributed by atoms with Crippen LogP contribution in [-0.2, 0) is 6.42 Å². The van der Waals surface area contributed by atoms with Crippen molar-refractivity contribution in [2.24, 2.45) is 11.1 Å². The molecule has 0 bridgehead atoms. The molecule has 0 amide bonds. The van der Waals surface area contributed by atoms with Crippen LogP contribution in [0.1, 0.15) is 32.7 Å². The molecule has 0 aliphatic heterocycles. The molecule has 0 fully saturated rings. The first-order valence-corrected chi connectivity index (χ1v) is 6.59. The Morgan fingerprint density at radius 1 is 1.38 bits per heavy atom. The SMILES string of the molecule is CC(C)(N)C(C)(C)CNCCc1nccs1. The van der Waals surface area contributed by atoms with Crippen molar-refractivity contribution in [3.05, 3.63) is 16.6 Å². The minimum absolute atomic E-state index is 0.0931. The molecule has 16 heavy (non-hydrogen) atoms. The minimum atomic E-state index is -0.165. The van der Waals surface area contributed by atoms with Crippen LogP contribution < -0.4 is 11.1 Å². The van der Waals surface area contributed by atoms with Gasteiger partial charge >= 0.3 is 0 Å². The van der Waals surface area contributed by atoms with Crippen LogP contribution in [0.4, 0.5) is 0 Å². The summed E-state index contributed by atoms with van der Waals surface area (Å²) in [6.07, 6.45) is 2.85. The maximum absolute atomic E-state index is 6.14. The monoisotopic (exact) mass is 241 g/mol. The molecular weight excluding hydrogens is 218 g/mol. The van der Waals surface area contributed by atoms with Crippen molar-refractivity contribution in [1.82, 2.24) is 10.3 Å². The molecule has 0 saturated heterocycles. The van der Waals surface area contributed by atoms with Gasteiger partial charge in [-0.15, -0.1) is 11.3 Å². The van der Waals surface area contributed by atoms with Gasteiger partial charge in [0.25, 0.3) is 0 Å². The van der Waals surface area contributed by atoms with Crippen molar-refractivity contribution in [3.63, 3.8) is 0 Å². The molecule has 0 saturated carbocycles. The van der Waals surface area contributed by atoms with E-state index in [9.17, 15) is 0 Å². The quantitative estimate of drug-likeness (QED) is 0.749. The maximum atomic E-state index is 6.14. The Labute approximate surface area is 102 Å². The van der Waals surface area contributed by atoms with Gasteiger partial charge in [0, 0.05) is 36.6 Å². The molecular formula is C12H23N3S. The van der Waals surface area contributed by atoms with E-state index >= 15 is 0 Å². The highest BCUT2D eigenvalue weighted by Crippen LogP contribution is 2.26. The highest BCUT2D eigenvalue weighted by molar-refractivity contribution is 7.09. The molecule has 0 spiro atoms. The fourth-order valence-corrected chi connectivity index (χ4v) is 1.82. The Balaban J connectivity index is 2.25. The lowest BCUT2D eigenvalue weighted by atomic mass is 9.75. The zero-order valence-corrected chi connectivity index (χ0v) is 11.5. The highest BCUT2D eigenvalue weighted by atomic mass is 32.1. The molecule has 0 aliphatic rings. The van der Waals surface area contributed by atoms with E-state index in [1.165, 1.54) is 5.01 Å². The molecule has 1 heterocycles. The van der Waals surface area contributed by atoms with Gasteiger partial charge in [0.1, 0.15) is 0 Å². The third-order valence-corrected chi connectivity index (χ3v) is 4.15. The number of aromatic nitrogens is 1. The van der Waals surface area contributed by atoms with E-state index in [2.05, 4.69) is 38.0 Å². The molecule has 1 aromatic heterocycles. The number of nitrogens with zero attached hydrogens (tertiary/aromatic N) is 1. The third-order valence-electron chi connectivity index (χ3n) is 3.31. The predicted octanol–water partition coefficient (Wildman–Crippen LogP) is 2.04. The van der Waals surface area contributed by atoms with Crippen LogP contribution in [0, 0.1) is 5.41 Å². The summed E-state index contributed by atoms with van der Waals surface area (Å²) >= 11 is 1.71. The highest BCUT2D eigenvalue weighted by Gasteiger charge is 2.32. The van der Waals surface area contributed by atoms with Crippen LogP contribution in [0.25, 0.3) is 0 Å². The summed E-state index contributed by atoms with van der Waals surface area (Å²) in [6.45, 7) is 10.5. The molecule has 1 rings (SSSR count). The Bertz CT molecular complexity index is 299. The van der Waals surface area contributed by atoms with E-state index in [-0.39, 0.29) is 11.0 Å². The Kier molecular flexibility index (Phi) is 4.47. The average Bonchev–Trinajstić information content (AvgIpc) is 2.63. The number of hydrogen-bond donors (Lipinski definition) is 2. The summed E-state index contributed by atoms with van der Waals surface area (Å²) in [5.41, 5.74) is 6.07. The van der Waals surface area contributed by atoms with Crippen molar-refractivity contribution in [2.45, 2.75) is 39.7 Å². The Morgan fingerprint density at radius 3 is 2.56 bits per heavy atom. The zero-order valence-electron chi connectivity index (χ0n) is 10.7. The molecule has 0 atom stereocenters. The number of rotatable bonds is 6. The van der Waals surface area contributed by atoms with Crippen molar-refractivity contribution >= 4 is 11.3 Å². The van der Waals surface area contributed by atoms with Gasteiger partial charge in [-0.1, -0.05) is 13.8 Å². The molecule has 4 heteroatoms. The largest absolute Gasteiger partial charge is 0.325 e. The normalized spacial score (nSPS) is 13.1. The Hall–Kier alpha value is -0.450. The lowest BCUT2D eigenvalue weighted by Crippen LogP contribution is -2.52. The molecule has 3 nitrogen and oxygen atoms in total. The van der Waals surface area contributed by atoms with E-state index in [0.717, 1.165) is 19.5 Å². The lowest BCUT2D eigenvalue weighted by Gasteiger charge is -2.38. The molecule has 0 unspecified atom stereocenters. The van der Waals surface area contributed by atoms with E-state index in [1.54, 1.807) is 11.3 Å². The van der Waals surface area contributed by atoms with Gasteiger partial charge in [-0.3, -0.25) is 0 Å². The number of thiazole rings is 1. The van der Waals surface area contributed by atoms with Crippen molar-refractivity contribution in [3.8, 4) is 0 Å². The molecule has 0 aliphatic carbocycles. The average molecular weight is 241 g/mol. The molecule has 1 aromatic rings. The second-order valence-electron chi connectivity index (χ2n) is 5.46. The molecule has 92 valence electrons. The number of nitrogens with one attached hydrogen (secondary N) is 1. The molecule has 0 radical (unpaired) electrons. The first-order valence-electron chi connectivity index (χ1n) is 5.71. The fraction of sp³-hybridized carbons (Fsp3) is 0.750. The first kappa shape index (κ1) is 13.6. The first-order chi connectivity index (χ1) is 7.33. The summed E-state index contributed by atoms with van der Waals surface area (Å²) in [7, 11) is 0. The van der Waals surface area contributed by atoms with E-state index in [0.29, 0.717) is 0 Å².